The smallest absolute Gasteiger partial charge is 0.250 e. The summed E-state index contributed by atoms with van der Waals surface area (Å²) in [6.07, 6.45) is 3.59. The summed E-state index contributed by atoms with van der Waals surface area (Å²) in [6, 6.07) is 3.08. The van der Waals surface area contributed by atoms with E-state index in [0.29, 0.717) is 28.0 Å². The number of halogens is 2. The van der Waals surface area contributed by atoms with Crippen LogP contribution in [0.15, 0.2) is 12.1 Å². The lowest BCUT2D eigenvalue weighted by atomic mass is 10.3. The molecule has 0 bridgehead atoms. The summed E-state index contributed by atoms with van der Waals surface area (Å²) in [5, 5.41) is 3.26. The Morgan fingerprint density at radius 3 is 2.58 bits per heavy atom. The summed E-state index contributed by atoms with van der Waals surface area (Å²) in [6.45, 7) is 0.616. The van der Waals surface area contributed by atoms with Crippen molar-refractivity contribution in [2.75, 3.05) is 24.3 Å². The zero-order valence-corrected chi connectivity index (χ0v) is 11.9. The predicted molar refractivity (Wildman–Crippen MR) is 77.7 cm³/mol. The summed E-state index contributed by atoms with van der Waals surface area (Å²) >= 11 is 11.9. The highest BCUT2D eigenvalue weighted by Gasteiger charge is 2.20. The van der Waals surface area contributed by atoms with Crippen molar-refractivity contribution in [3.8, 4) is 0 Å². The molecule has 1 aromatic rings. The van der Waals surface area contributed by atoms with Gasteiger partial charge >= 0.3 is 0 Å². The van der Waals surface area contributed by atoms with E-state index < -0.39 is 0 Å². The quantitative estimate of drug-likeness (QED) is 0.626. The van der Waals surface area contributed by atoms with Gasteiger partial charge in [0.05, 0.1) is 15.7 Å². The maximum atomic E-state index is 11.7. The van der Waals surface area contributed by atoms with Crippen LogP contribution < -0.4 is 11.1 Å². The molecular weight excluding hydrogens is 287 g/mol. The second-order valence-corrected chi connectivity index (χ2v) is 5.51. The van der Waals surface area contributed by atoms with Crippen LogP contribution >= 0.6 is 23.2 Å². The molecule has 4 nitrogen and oxygen atoms in total. The van der Waals surface area contributed by atoms with Crippen molar-refractivity contribution in [1.82, 2.24) is 0 Å². The molecule has 0 radical (unpaired) electrons. The van der Waals surface area contributed by atoms with Gasteiger partial charge < -0.3 is 15.8 Å². The first-order chi connectivity index (χ1) is 9.06. The number of rotatable bonds is 6. The van der Waals surface area contributed by atoms with E-state index in [9.17, 15) is 4.79 Å². The van der Waals surface area contributed by atoms with Crippen LogP contribution in [0.4, 0.5) is 11.4 Å². The zero-order chi connectivity index (χ0) is 13.8. The summed E-state index contributed by atoms with van der Waals surface area (Å²) in [7, 11) is 0. The molecule has 1 amide bonds. The maximum Gasteiger partial charge on any atom is 0.250 e. The van der Waals surface area contributed by atoms with Crippen LogP contribution in [0.2, 0.25) is 10.0 Å². The van der Waals surface area contributed by atoms with E-state index in [4.69, 9.17) is 33.7 Å². The van der Waals surface area contributed by atoms with Gasteiger partial charge in [0.1, 0.15) is 6.61 Å². The van der Waals surface area contributed by atoms with E-state index >= 15 is 0 Å². The van der Waals surface area contributed by atoms with Crippen molar-refractivity contribution in [2.24, 2.45) is 5.92 Å². The van der Waals surface area contributed by atoms with Crippen LogP contribution in [0.3, 0.4) is 0 Å². The van der Waals surface area contributed by atoms with Crippen molar-refractivity contribution in [1.29, 1.82) is 0 Å². The maximum absolute atomic E-state index is 11.7. The number of nitrogens with two attached hydrogens (primary N) is 1. The zero-order valence-electron chi connectivity index (χ0n) is 10.4. The van der Waals surface area contributed by atoms with Crippen molar-refractivity contribution in [2.45, 2.75) is 19.3 Å². The first-order valence-corrected chi connectivity index (χ1v) is 6.94. The molecule has 6 heteroatoms. The molecule has 1 aromatic carbocycles. The van der Waals surface area contributed by atoms with Crippen molar-refractivity contribution < 1.29 is 9.53 Å². The highest BCUT2D eigenvalue weighted by molar-refractivity contribution is 6.40. The number of carbonyl (C=O) groups is 1. The average Bonchev–Trinajstić information content (AvgIpc) is 3.13. The molecule has 104 valence electrons. The minimum atomic E-state index is -0.274. The number of hydrogen-bond acceptors (Lipinski definition) is 3. The monoisotopic (exact) mass is 302 g/mol. The minimum Gasteiger partial charge on any atom is -0.399 e. The highest BCUT2D eigenvalue weighted by atomic mass is 35.5. The van der Waals surface area contributed by atoms with Gasteiger partial charge in [0.25, 0.3) is 0 Å². The SMILES string of the molecule is Nc1cc(Cl)c(NC(=O)COCCC2CC2)c(Cl)c1. The largest absolute Gasteiger partial charge is 0.399 e. The minimum absolute atomic E-state index is 0.00372. The third-order valence-corrected chi connectivity index (χ3v) is 3.53. The number of benzene rings is 1. The number of anilines is 2. The molecule has 1 aliphatic carbocycles. The fraction of sp³-hybridized carbons (Fsp3) is 0.462. The Labute approximate surface area is 122 Å². The van der Waals surface area contributed by atoms with Crippen molar-refractivity contribution in [3.05, 3.63) is 22.2 Å². The Bertz CT molecular complexity index is 453. The number of carbonyl (C=O) groups excluding carboxylic acids is 1. The fourth-order valence-electron chi connectivity index (χ4n) is 1.71. The van der Waals surface area contributed by atoms with Gasteiger partial charge in [-0.1, -0.05) is 36.0 Å². The molecule has 1 aliphatic rings. The van der Waals surface area contributed by atoms with Crippen LogP contribution in [0.25, 0.3) is 0 Å². The van der Waals surface area contributed by atoms with Gasteiger partial charge in [-0.3, -0.25) is 4.79 Å². The van der Waals surface area contributed by atoms with E-state index in [2.05, 4.69) is 5.32 Å². The Morgan fingerprint density at radius 2 is 2.00 bits per heavy atom. The van der Waals surface area contributed by atoms with Gasteiger partial charge in [0.2, 0.25) is 5.91 Å². The molecule has 0 aliphatic heterocycles. The number of hydrogen-bond donors (Lipinski definition) is 2. The van der Waals surface area contributed by atoms with Gasteiger partial charge in [-0.05, 0) is 24.5 Å². The standard InChI is InChI=1S/C13H16Cl2N2O2/c14-10-5-9(16)6-11(15)13(10)17-12(18)7-19-4-3-8-1-2-8/h5-6,8H,1-4,7,16H2,(H,17,18). The molecule has 0 unspecified atom stereocenters. The molecule has 0 atom stereocenters. The first-order valence-electron chi connectivity index (χ1n) is 6.18. The molecule has 0 aromatic heterocycles. The molecule has 0 saturated heterocycles. The molecule has 19 heavy (non-hydrogen) atoms. The number of nitrogen functional groups attached to an aromatic ring is 1. The van der Waals surface area contributed by atoms with Crippen molar-refractivity contribution >= 4 is 40.5 Å². The lowest BCUT2D eigenvalue weighted by Gasteiger charge is -2.10. The van der Waals surface area contributed by atoms with Gasteiger partial charge in [0.15, 0.2) is 0 Å². The third kappa shape index (κ3) is 4.56. The Kier molecular flexibility index (Phi) is 4.91. The Morgan fingerprint density at radius 1 is 1.37 bits per heavy atom. The van der Waals surface area contributed by atoms with Gasteiger partial charge in [-0.25, -0.2) is 0 Å². The van der Waals surface area contributed by atoms with Gasteiger partial charge in [-0.15, -0.1) is 0 Å². The molecule has 2 rings (SSSR count). The predicted octanol–water partition coefficient (Wildman–Crippen LogP) is 3.33. The first kappa shape index (κ1) is 14.4. The van der Waals surface area contributed by atoms with Crippen LogP contribution in [-0.2, 0) is 9.53 Å². The van der Waals surface area contributed by atoms with Crippen LogP contribution in [0, 0.1) is 5.92 Å². The molecule has 3 N–H and O–H groups in total. The summed E-state index contributed by atoms with van der Waals surface area (Å²) < 4.78 is 5.30. The van der Waals surface area contributed by atoms with Crippen LogP contribution in [-0.4, -0.2) is 19.1 Å². The average molecular weight is 303 g/mol. The van der Waals surface area contributed by atoms with Crippen LogP contribution in [0.5, 0.6) is 0 Å². The molecular formula is C13H16Cl2N2O2. The molecule has 1 saturated carbocycles. The van der Waals surface area contributed by atoms with Crippen LogP contribution in [0.1, 0.15) is 19.3 Å². The van der Waals surface area contributed by atoms with E-state index in [-0.39, 0.29) is 12.5 Å². The number of ether oxygens (including phenoxy) is 1. The molecule has 1 fully saturated rings. The number of nitrogens with one attached hydrogen (secondary N) is 1. The van der Waals surface area contributed by atoms with E-state index in [1.165, 1.54) is 25.0 Å². The van der Waals surface area contributed by atoms with E-state index in [1.54, 1.807) is 0 Å². The topological polar surface area (TPSA) is 64.3 Å². The lowest BCUT2D eigenvalue weighted by Crippen LogP contribution is -2.19. The van der Waals surface area contributed by atoms with Gasteiger partial charge in [-0.2, -0.15) is 0 Å². The summed E-state index contributed by atoms with van der Waals surface area (Å²) in [5.74, 6) is 0.522. The summed E-state index contributed by atoms with van der Waals surface area (Å²) in [4.78, 5) is 11.7. The van der Waals surface area contributed by atoms with Gasteiger partial charge in [0, 0.05) is 12.3 Å². The fourth-order valence-corrected chi connectivity index (χ4v) is 2.31. The molecule has 0 spiro atoms. The number of amides is 1. The van der Waals surface area contributed by atoms with Crippen molar-refractivity contribution in [3.63, 3.8) is 0 Å². The third-order valence-electron chi connectivity index (χ3n) is 2.93. The Hall–Kier alpha value is -0.970. The lowest BCUT2D eigenvalue weighted by molar-refractivity contribution is -0.120. The normalized spacial score (nSPS) is 14.4. The van der Waals surface area contributed by atoms with E-state index in [1.807, 2.05) is 0 Å². The summed E-state index contributed by atoms with van der Waals surface area (Å²) in [5.41, 5.74) is 6.41. The Balaban J connectivity index is 1.80. The molecule has 0 heterocycles. The van der Waals surface area contributed by atoms with E-state index in [0.717, 1.165) is 12.3 Å². The highest BCUT2D eigenvalue weighted by Crippen LogP contribution is 2.33. The second-order valence-electron chi connectivity index (χ2n) is 4.69. The second kappa shape index (κ2) is 6.46.